The summed E-state index contributed by atoms with van der Waals surface area (Å²) in [5.41, 5.74) is 1.14. The van der Waals surface area contributed by atoms with Crippen LogP contribution in [-0.2, 0) is 16.0 Å². The Bertz CT molecular complexity index is 626. The Kier molecular flexibility index (Phi) is 7.10. The molecule has 2 heterocycles. The molecule has 0 radical (unpaired) electrons. The first-order valence-corrected chi connectivity index (χ1v) is 10.1. The number of amides is 2. The van der Waals surface area contributed by atoms with E-state index in [1.807, 2.05) is 34.1 Å². The third-order valence-electron chi connectivity index (χ3n) is 5.57. The second kappa shape index (κ2) is 9.74. The summed E-state index contributed by atoms with van der Waals surface area (Å²) < 4.78 is 5.16. The fraction of sp³-hybridized carbons (Fsp3) is 0.619. The van der Waals surface area contributed by atoms with E-state index >= 15 is 0 Å². The average Bonchev–Trinajstić information content (AvgIpc) is 3.07. The molecule has 27 heavy (non-hydrogen) atoms. The van der Waals surface area contributed by atoms with Crippen molar-refractivity contribution in [3.63, 3.8) is 0 Å². The first-order valence-electron chi connectivity index (χ1n) is 10.1. The largest absolute Gasteiger partial charge is 0.497 e. The van der Waals surface area contributed by atoms with Crippen LogP contribution in [0.1, 0.15) is 37.7 Å². The molecule has 1 aromatic rings. The number of benzene rings is 1. The van der Waals surface area contributed by atoms with Crippen molar-refractivity contribution in [3.8, 4) is 5.75 Å². The van der Waals surface area contributed by atoms with Crippen LogP contribution in [0.2, 0.25) is 0 Å². The van der Waals surface area contributed by atoms with Crippen molar-refractivity contribution in [2.24, 2.45) is 0 Å². The fourth-order valence-electron chi connectivity index (χ4n) is 3.89. The molecule has 0 aromatic heterocycles. The molecule has 0 aliphatic carbocycles. The van der Waals surface area contributed by atoms with Crippen LogP contribution in [0.3, 0.4) is 0 Å². The minimum atomic E-state index is 0.178. The predicted molar refractivity (Wildman–Crippen MR) is 105 cm³/mol. The number of nitrogens with zero attached hydrogens (tertiary/aromatic N) is 2. The molecular formula is C21H31N3O3. The standard InChI is InChI=1S/C21H31N3O3/c1-27-19-8-5-17(6-9-19)7-10-20(25)23-12-3-13-24(15-14-23)21(26)16-18-4-2-11-22-18/h5-6,8-9,18,22H,2-4,7,10-16H2,1H3. The Balaban J connectivity index is 1.43. The van der Waals surface area contributed by atoms with Crippen molar-refractivity contribution in [1.29, 1.82) is 0 Å². The Morgan fingerprint density at radius 1 is 1.04 bits per heavy atom. The van der Waals surface area contributed by atoms with Gasteiger partial charge in [-0.05, 0) is 49.9 Å². The van der Waals surface area contributed by atoms with E-state index in [4.69, 9.17) is 4.74 Å². The summed E-state index contributed by atoms with van der Waals surface area (Å²) in [5.74, 6) is 1.23. The van der Waals surface area contributed by atoms with Crippen LogP contribution in [-0.4, -0.2) is 67.5 Å². The minimum absolute atomic E-state index is 0.178. The second-order valence-corrected chi connectivity index (χ2v) is 7.46. The van der Waals surface area contributed by atoms with Crippen molar-refractivity contribution >= 4 is 11.8 Å². The van der Waals surface area contributed by atoms with E-state index in [-0.39, 0.29) is 11.8 Å². The highest BCUT2D eigenvalue weighted by atomic mass is 16.5. The first-order chi connectivity index (χ1) is 13.2. The zero-order chi connectivity index (χ0) is 19.1. The number of methoxy groups -OCH3 is 1. The number of hydrogen-bond donors (Lipinski definition) is 1. The third kappa shape index (κ3) is 5.70. The quantitative estimate of drug-likeness (QED) is 0.826. The maximum atomic E-state index is 12.6. The summed E-state index contributed by atoms with van der Waals surface area (Å²) >= 11 is 0. The van der Waals surface area contributed by atoms with E-state index in [1.165, 1.54) is 0 Å². The van der Waals surface area contributed by atoms with Crippen molar-refractivity contribution in [2.75, 3.05) is 39.8 Å². The lowest BCUT2D eigenvalue weighted by Gasteiger charge is -2.23. The van der Waals surface area contributed by atoms with Gasteiger partial charge in [-0.25, -0.2) is 0 Å². The zero-order valence-electron chi connectivity index (χ0n) is 16.3. The number of nitrogens with one attached hydrogen (secondary N) is 1. The lowest BCUT2D eigenvalue weighted by molar-refractivity contribution is -0.133. The van der Waals surface area contributed by atoms with Gasteiger partial charge in [0.15, 0.2) is 0 Å². The van der Waals surface area contributed by atoms with Crippen LogP contribution < -0.4 is 10.1 Å². The maximum Gasteiger partial charge on any atom is 0.224 e. The number of hydrogen-bond acceptors (Lipinski definition) is 4. The van der Waals surface area contributed by atoms with E-state index in [0.717, 1.165) is 56.6 Å². The molecule has 6 nitrogen and oxygen atoms in total. The van der Waals surface area contributed by atoms with E-state index in [9.17, 15) is 9.59 Å². The monoisotopic (exact) mass is 373 g/mol. The first kappa shape index (κ1) is 19.7. The van der Waals surface area contributed by atoms with Gasteiger partial charge in [-0.1, -0.05) is 12.1 Å². The minimum Gasteiger partial charge on any atom is -0.497 e. The zero-order valence-corrected chi connectivity index (χ0v) is 16.3. The third-order valence-corrected chi connectivity index (χ3v) is 5.57. The molecule has 2 amide bonds. The van der Waals surface area contributed by atoms with E-state index < -0.39 is 0 Å². The van der Waals surface area contributed by atoms with E-state index in [0.29, 0.717) is 32.0 Å². The van der Waals surface area contributed by atoms with Crippen LogP contribution in [0, 0.1) is 0 Å². The summed E-state index contributed by atoms with van der Waals surface area (Å²) in [6.45, 7) is 3.82. The van der Waals surface area contributed by atoms with Crippen LogP contribution in [0.15, 0.2) is 24.3 Å². The van der Waals surface area contributed by atoms with Crippen LogP contribution in [0.25, 0.3) is 0 Å². The van der Waals surface area contributed by atoms with Gasteiger partial charge in [0.1, 0.15) is 5.75 Å². The second-order valence-electron chi connectivity index (χ2n) is 7.46. The Morgan fingerprint density at radius 3 is 2.37 bits per heavy atom. The molecule has 148 valence electrons. The molecule has 1 atom stereocenters. The molecule has 1 N–H and O–H groups in total. The number of rotatable bonds is 6. The molecule has 2 fully saturated rings. The lowest BCUT2D eigenvalue weighted by Crippen LogP contribution is -2.39. The summed E-state index contributed by atoms with van der Waals surface area (Å²) in [5, 5.41) is 3.39. The molecule has 0 bridgehead atoms. The molecule has 0 saturated carbocycles. The van der Waals surface area contributed by atoms with Gasteiger partial charge in [0.25, 0.3) is 0 Å². The van der Waals surface area contributed by atoms with Gasteiger partial charge in [0, 0.05) is 45.1 Å². The van der Waals surface area contributed by atoms with Crippen LogP contribution in [0.5, 0.6) is 5.75 Å². The summed E-state index contributed by atoms with van der Waals surface area (Å²) in [4.78, 5) is 29.0. The molecule has 0 spiro atoms. The summed E-state index contributed by atoms with van der Waals surface area (Å²) in [7, 11) is 1.65. The molecular weight excluding hydrogens is 342 g/mol. The summed E-state index contributed by atoms with van der Waals surface area (Å²) in [6.07, 6.45) is 4.94. The Hall–Kier alpha value is -2.08. The molecule has 2 aliphatic heterocycles. The number of aryl methyl sites for hydroxylation is 1. The molecule has 2 saturated heterocycles. The van der Waals surface area contributed by atoms with Crippen molar-refractivity contribution in [2.45, 2.75) is 44.6 Å². The van der Waals surface area contributed by atoms with E-state index in [1.54, 1.807) is 7.11 Å². The highest BCUT2D eigenvalue weighted by Crippen LogP contribution is 2.15. The molecule has 6 heteroatoms. The van der Waals surface area contributed by atoms with E-state index in [2.05, 4.69) is 5.32 Å². The van der Waals surface area contributed by atoms with Gasteiger partial charge in [0.05, 0.1) is 7.11 Å². The highest BCUT2D eigenvalue weighted by Gasteiger charge is 2.25. The van der Waals surface area contributed by atoms with Crippen molar-refractivity contribution in [3.05, 3.63) is 29.8 Å². The Morgan fingerprint density at radius 2 is 1.74 bits per heavy atom. The van der Waals surface area contributed by atoms with Crippen LogP contribution >= 0.6 is 0 Å². The normalized spacial score (nSPS) is 20.4. The van der Waals surface area contributed by atoms with Gasteiger partial charge in [-0.15, -0.1) is 0 Å². The molecule has 1 unspecified atom stereocenters. The van der Waals surface area contributed by atoms with Crippen LogP contribution in [0.4, 0.5) is 0 Å². The van der Waals surface area contributed by atoms with Gasteiger partial charge < -0.3 is 19.9 Å². The lowest BCUT2D eigenvalue weighted by atomic mass is 10.1. The molecule has 3 rings (SSSR count). The van der Waals surface area contributed by atoms with Crippen molar-refractivity contribution in [1.82, 2.24) is 15.1 Å². The van der Waals surface area contributed by atoms with Gasteiger partial charge >= 0.3 is 0 Å². The molecule has 2 aliphatic rings. The Labute approximate surface area is 161 Å². The van der Waals surface area contributed by atoms with Gasteiger partial charge in [-0.3, -0.25) is 9.59 Å². The highest BCUT2D eigenvalue weighted by molar-refractivity contribution is 5.78. The number of carbonyl (C=O) groups excluding carboxylic acids is 2. The topological polar surface area (TPSA) is 61.9 Å². The van der Waals surface area contributed by atoms with Gasteiger partial charge in [-0.2, -0.15) is 0 Å². The number of carbonyl (C=O) groups is 2. The number of ether oxygens (including phenoxy) is 1. The average molecular weight is 373 g/mol. The maximum absolute atomic E-state index is 12.6. The fourth-order valence-corrected chi connectivity index (χ4v) is 3.89. The predicted octanol–water partition coefficient (Wildman–Crippen LogP) is 1.83. The summed E-state index contributed by atoms with van der Waals surface area (Å²) in [6, 6.07) is 8.20. The molecule has 1 aromatic carbocycles. The smallest absolute Gasteiger partial charge is 0.224 e. The van der Waals surface area contributed by atoms with Gasteiger partial charge in [0.2, 0.25) is 11.8 Å². The SMILES string of the molecule is COc1ccc(CCC(=O)N2CCCN(C(=O)CC3CCCN3)CC2)cc1. The van der Waals surface area contributed by atoms with Crippen molar-refractivity contribution < 1.29 is 14.3 Å².